The summed E-state index contributed by atoms with van der Waals surface area (Å²) in [4.78, 5) is 4.39. The number of aromatic nitrogens is 1. The Labute approximate surface area is 121 Å². The van der Waals surface area contributed by atoms with Crippen LogP contribution in [0.2, 0.25) is 0 Å². The van der Waals surface area contributed by atoms with Crippen LogP contribution in [0.5, 0.6) is 11.6 Å². The van der Waals surface area contributed by atoms with Gasteiger partial charge in [-0.1, -0.05) is 25.1 Å². The van der Waals surface area contributed by atoms with E-state index in [-0.39, 0.29) is 0 Å². The van der Waals surface area contributed by atoms with Gasteiger partial charge in [0.2, 0.25) is 5.88 Å². The van der Waals surface area contributed by atoms with Gasteiger partial charge in [0, 0.05) is 18.3 Å². The van der Waals surface area contributed by atoms with Crippen molar-refractivity contribution in [1.29, 1.82) is 0 Å². The van der Waals surface area contributed by atoms with Crippen molar-refractivity contribution in [2.45, 2.75) is 33.7 Å². The van der Waals surface area contributed by atoms with Gasteiger partial charge in [0.05, 0.1) is 0 Å². The quantitative estimate of drug-likeness (QED) is 0.885. The minimum absolute atomic E-state index is 0.308. The van der Waals surface area contributed by atoms with Crippen LogP contribution >= 0.6 is 0 Å². The van der Waals surface area contributed by atoms with E-state index in [4.69, 9.17) is 4.74 Å². The Bertz CT molecular complexity index is 564. The summed E-state index contributed by atoms with van der Waals surface area (Å²) in [6.07, 6.45) is 1.87. The molecule has 2 aromatic rings. The molecule has 0 aliphatic heterocycles. The number of nitrogens with zero attached hydrogens (tertiary/aromatic N) is 1. The average Bonchev–Trinajstić information content (AvgIpc) is 2.45. The Morgan fingerprint density at radius 1 is 1.20 bits per heavy atom. The van der Waals surface area contributed by atoms with E-state index in [1.165, 1.54) is 11.1 Å². The van der Waals surface area contributed by atoms with E-state index < -0.39 is 0 Å². The molecule has 1 unspecified atom stereocenters. The van der Waals surface area contributed by atoms with Gasteiger partial charge in [0.15, 0.2) is 0 Å². The van der Waals surface area contributed by atoms with Gasteiger partial charge < -0.3 is 10.1 Å². The molecule has 0 saturated heterocycles. The molecule has 0 radical (unpaired) electrons. The summed E-state index contributed by atoms with van der Waals surface area (Å²) in [7, 11) is 0. The molecule has 0 bridgehead atoms. The van der Waals surface area contributed by atoms with E-state index in [1.54, 1.807) is 0 Å². The average molecular weight is 270 g/mol. The third kappa shape index (κ3) is 3.36. The first kappa shape index (κ1) is 14.5. The first-order chi connectivity index (χ1) is 9.61. The monoisotopic (exact) mass is 270 g/mol. The third-order valence-electron chi connectivity index (χ3n) is 3.54. The van der Waals surface area contributed by atoms with Crippen LogP contribution in [-0.4, -0.2) is 11.5 Å². The van der Waals surface area contributed by atoms with E-state index in [0.29, 0.717) is 11.9 Å². The van der Waals surface area contributed by atoms with Crippen LogP contribution in [0.25, 0.3) is 0 Å². The summed E-state index contributed by atoms with van der Waals surface area (Å²) in [5, 5.41) is 3.37. The summed E-state index contributed by atoms with van der Waals surface area (Å²) in [5.74, 6) is 1.50. The SMILES string of the molecule is CCNC(C)c1ccc(Oc2cccc(C)c2C)nc1. The lowest BCUT2D eigenvalue weighted by molar-refractivity contribution is 0.457. The Morgan fingerprint density at radius 3 is 2.65 bits per heavy atom. The van der Waals surface area contributed by atoms with Crippen molar-refractivity contribution >= 4 is 0 Å². The number of pyridine rings is 1. The molecule has 1 heterocycles. The van der Waals surface area contributed by atoms with Crippen molar-refractivity contribution in [3.8, 4) is 11.6 Å². The van der Waals surface area contributed by atoms with Crippen LogP contribution in [0.3, 0.4) is 0 Å². The van der Waals surface area contributed by atoms with Crippen molar-refractivity contribution < 1.29 is 4.74 Å². The van der Waals surface area contributed by atoms with E-state index in [1.807, 2.05) is 24.4 Å². The normalized spacial score (nSPS) is 12.2. The molecule has 0 aliphatic carbocycles. The maximum atomic E-state index is 5.85. The molecule has 20 heavy (non-hydrogen) atoms. The minimum atomic E-state index is 0.308. The molecule has 1 atom stereocenters. The number of rotatable bonds is 5. The van der Waals surface area contributed by atoms with Crippen LogP contribution in [0, 0.1) is 13.8 Å². The summed E-state index contributed by atoms with van der Waals surface area (Å²) in [6.45, 7) is 9.32. The first-order valence-corrected chi connectivity index (χ1v) is 7.05. The fourth-order valence-electron chi connectivity index (χ4n) is 2.08. The highest BCUT2D eigenvalue weighted by molar-refractivity contribution is 5.40. The van der Waals surface area contributed by atoms with Crippen molar-refractivity contribution in [2.75, 3.05) is 6.54 Å². The fraction of sp³-hybridized carbons (Fsp3) is 0.353. The van der Waals surface area contributed by atoms with E-state index >= 15 is 0 Å². The predicted octanol–water partition coefficient (Wildman–Crippen LogP) is 4.16. The summed E-state index contributed by atoms with van der Waals surface area (Å²) in [5.41, 5.74) is 3.54. The zero-order chi connectivity index (χ0) is 14.5. The number of hydrogen-bond acceptors (Lipinski definition) is 3. The van der Waals surface area contributed by atoms with Crippen molar-refractivity contribution in [3.05, 3.63) is 53.2 Å². The van der Waals surface area contributed by atoms with Crippen LogP contribution in [0.15, 0.2) is 36.5 Å². The Kier molecular flexibility index (Phi) is 4.74. The van der Waals surface area contributed by atoms with Crippen molar-refractivity contribution in [2.24, 2.45) is 0 Å². The van der Waals surface area contributed by atoms with Gasteiger partial charge in [0.1, 0.15) is 5.75 Å². The first-order valence-electron chi connectivity index (χ1n) is 7.05. The van der Waals surface area contributed by atoms with Gasteiger partial charge >= 0.3 is 0 Å². The van der Waals surface area contributed by atoms with Gasteiger partial charge in [-0.15, -0.1) is 0 Å². The Morgan fingerprint density at radius 2 is 2.00 bits per heavy atom. The second-order valence-corrected chi connectivity index (χ2v) is 5.01. The van der Waals surface area contributed by atoms with Crippen LogP contribution in [-0.2, 0) is 0 Å². The molecular formula is C17H22N2O. The molecule has 2 rings (SSSR count). The minimum Gasteiger partial charge on any atom is -0.439 e. The lowest BCUT2D eigenvalue weighted by Gasteiger charge is -2.13. The summed E-state index contributed by atoms with van der Waals surface area (Å²) < 4.78 is 5.85. The molecule has 0 fully saturated rings. The molecular weight excluding hydrogens is 248 g/mol. The molecule has 0 aliphatic rings. The van der Waals surface area contributed by atoms with Gasteiger partial charge in [-0.25, -0.2) is 4.98 Å². The third-order valence-corrected chi connectivity index (χ3v) is 3.54. The summed E-state index contributed by atoms with van der Waals surface area (Å²) in [6, 6.07) is 10.3. The largest absolute Gasteiger partial charge is 0.439 e. The zero-order valence-corrected chi connectivity index (χ0v) is 12.6. The van der Waals surface area contributed by atoms with Crippen LogP contribution in [0.4, 0.5) is 0 Å². The topological polar surface area (TPSA) is 34.1 Å². The molecule has 1 aromatic carbocycles. The Hall–Kier alpha value is -1.87. The Balaban J connectivity index is 2.13. The number of hydrogen-bond donors (Lipinski definition) is 1. The molecule has 0 saturated carbocycles. The van der Waals surface area contributed by atoms with E-state index in [9.17, 15) is 0 Å². The van der Waals surface area contributed by atoms with Crippen molar-refractivity contribution in [1.82, 2.24) is 10.3 Å². The molecule has 3 heteroatoms. The highest BCUT2D eigenvalue weighted by atomic mass is 16.5. The van der Waals surface area contributed by atoms with Gasteiger partial charge in [-0.05, 0) is 50.1 Å². The standard InChI is InChI=1S/C17H22N2O/c1-5-18-14(4)15-9-10-17(19-11-15)20-16-8-6-7-12(2)13(16)3/h6-11,14,18H,5H2,1-4H3. The zero-order valence-electron chi connectivity index (χ0n) is 12.6. The fourth-order valence-corrected chi connectivity index (χ4v) is 2.08. The molecule has 106 valence electrons. The predicted molar refractivity (Wildman–Crippen MR) is 82.3 cm³/mol. The highest BCUT2D eigenvalue weighted by Crippen LogP contribution is 2.26. The number of nitrogens with one attached hydrogen (secondary N) is 1. The smallest absolute Gasteiger partial charge is 0.219 e. The molecule has 0 amide bonds. The van der Waals surface area contributed by atoms with Crippen LogP contribution < -0.4 is 10.1 Å². The second-order valence-electron chi connectivity index (χ2n) is 5.01. The number of aryl methyl sites for hydroxylation is 1. The second kappa shape index (κ2) is 6.53. The molecule has 0 spiro atoms. The maximum absolute atomic E-state index is 5.85. The maximum Gasteiger partial charge on any atom is 0.219 e. The van der Waals surface area contributed by atoms with Gasteiger partial charge in [-0.2, -0.15) is 0 Å². The summed E-state index contributed by atoms with van der Waals surface area (Å²) >= 11 is 0. The van der Waals surface area contributed by atoms with Gasteiger partial charge in [-0.3, -0.25) is 0 Å². The molecule has 1 N–H and O–H groups in total. The molecule has 3 nitrogen and oxygen atoms in total. The van der Waals surface area contributed by atoms with Crippen LogP contribution in [0.1, 0.15) is 36.6 Å². The van der Waals surface area contributed by atoms with Crippen molar-refractivity contribution in [3.63, 3.8) is 0 Å². The van der Waals surface area contributed by atoms with E-state index in [0.717, 1.165) is 17.9 Å². The van der Waals surface area contributed by atoms with E-state index in [2.05, 4.69) is 50.1 Å². The lowest BCUT2D eigenvalue weighted by atomic mass is 10.1. The number of ether oxygens (including phenoxy) is 1. The lowest BCUT2D eigenvalue weighted by Crippen LogP contribution is -2.17. The highest BCUT2D eigenvalue weighted by Gasteiger charge is 2.07. The van der Waals surface area contributed by atoms with Gasteiger partial charge in [0.25, 0.3) is 0 Å². The number of benzene rings is 1. The molecule has 1 aromatic heterocycles.